The molecule has 0 atom stereocenters. The van der Waals surface area contributed by atoms with Crippen molar-refractivity contribution in [3.8, 4) is 0 Å². The van der Waals surface area contributed by atoms with Gasteiger partial charge in [0, 0.05) is 29.6 Å². The fraction of sp³-hybridized carbons (Fsp3) is 0.263. The first-order chi connectivity index (χ1) is 12.5. The Bertz CT molecular complexity index is 819. The number of rotatable bonds is 3. The van der Waals surface area contributed by atoms with E-state index in [9.17, 15) is 14.0 Å². The monoisotopic (exact) mass is 394 g/mol. The average molecular weight is 395 g/mol. The van der Waals surface area contributed by atoms with Crippen molar-refractivity contribution < 1.29 is 14.0 Å². The second-order valence-corrected chi connectivity index (χ2v) is 7.01. The van der Waals surface area contributed by atoms with Crippen molar-refractivity contribution in [2.75, 3.05) is 18.4 Å². The molecule has 0 radical (unpaired) electrons. The van der Waals surface area contributed by atoms with E-state index in [4.69, 9.17) is 23.2 Å². The number of halogens is 3. The number of hydrogen-bond acceptors (Lipinski definition) is 2. The van der Waals surface area contributed by atoms with Crippen molar-refractivity contribution in [2.24, 2.45) is 5.92 Å². The Hall–Kier alpha value is -2.11. The van der Waals surface area contributed by atoms with E-state index in [1.165, 1.54) is 12.1 Å². The molecule has 0 unspecified atom stereocenters. The molecule has 1 aliphatic heterocycles. The molecule has 4 nitrogen and oxygen atoms in total. The molecule has 1 saturated heterocycles. The summed E-state index contributed by atoms with van der Waals surface area (Å²) in [6.07, 6.45) is 1.04. The molecule has 1 fully saturated rings. The Morgan fingerprint density at radius 1 is 1.04 bits per heavy atom. The van der Waals surface area contributed by atoms with E-state index in [0.29, 0.717) is 36.5 Å². The highest BCUT2D eigenvalue weighted by atomic mass is 35.5. The van der Waals surface area contributed by atoms with Crippen LogP contribution in [-0.2, 0) is 4.79 Å². The van der Waals surface area contributed by atoms with Crippen LogP contribution in [0, 0.1) is 11.7 Å². The predicted molar refractivity (Wildman–Crippen MR) is 100 cm³/mol. The van der Waals surface area contributed by atoms with Gasteiger partial charge < -0.3 is 10.2 Å². The third kappa shape index (κ3) is 4.17. The number of likely N-dealkylation sites (tertiary alicyclic amines) is 1. The number of nitrogens with one attached hydrogen (secondary N) is 1. The molecule has 3 rings (SSSR count). The van der Waals surface area contributed by atoms with Crippen molar-refractivity contribution in [2.45, 2.75) is 12.8 Å². The first-order valence-corrected chi connectivity index (χ1v) is 9.01. The van der Waals surface area contributed by atoms with Gasteiger partial charge in [0.25, 0.3) is 5.91 Å². The Morgan fingerprint density at radius 2 is 1.69 bits per heavy atom. The summed E-state index contributed by atoms with van der Waals surface area (Å²) in [4.78, 5) is 26.6. The molecule has 26 heavy (non-hydrogen) atoms. The molecule has 136 valence electrons. The fourth-order valence-corrected chi connectivity index (χ4v) is 3.26. The van der Waals surface area contributed by atoms with Gasteiger partial charge in [-0.3, -0.25) is 9.59 Å². The molecule has 1 N–H and O–H groups in total. The maximum atomic E-state index is 13.9. The van der Waals surface area contributed by atoms with Gasteiger partial charge in [0.15, 0.2) is 5.82 Å². The molecule has 0 spiro atoms. The molecule has 0 aromatic heterocycles. The van der Waals surface area contributed by atoms with E-state index in [-0.39, 0.29) is 28.4 Å². The maximum Gasteiger partial charge on any atom is 0.253 e. The summed E-state index contributed by atoms with van der Waals surface area (Å²) in [6.45, 7) is 0.940. The highest BCUT2D eigenvalue weighted by Gasteiger charge is 2.28. The first-order valence-electron chi connectivity index (χ1n) is 8.25. The molecule has 2 aromatic rings. The van der Waals surface area contributed by atoms with Crippen molar-refractivity contribution in [3.63, 3.8) is 0 Å². The SMILES string of the molecule is O=C(Nc1cccc(Cl)c1F)C1CCN(C(=O)c2ccc(Cl)cc2)CC1. The Kier molecular flexibility index (Phi) is 5.79. The number of amides is 2. The molecule has 2 amide bonds. The molecule has 0 bridgehead atoms. The normalized spacial score (nSPS) is 15.0. The Morgan fingerprint density at radius 3 is 2.35 bits per heavy atom. The summed E-state index contributed by atoms with van der Waals surface area (Å²) in [6, 6.07) is 11.2. The van der Waals surface area contributed by atoms with E-state index >= 15 is 0 Å². The van der Waals surface area contributed by atoms with Crippen molar-refractivity contribution in [3.05, 3.63) is 63.9 Å². The van der Waals surface area contributed by atoms with Gasteiger partial charge in [-0.2, -0.15) is 0 Å². The fourth-order valence-electron chi connectivity index (χ4n) is 2.95. The van der Waals surface area contributed by atoms with Crippen LogP contribution < -0.4 is 5.32 Å². The summed E-state index contributed by atoms with van der Waals surface area (Å²) < 4.78 is 13.9. The Labute approximate surface area is 160 Å². The van der Waals surface area contributed by atoms with Crippen molar-refractivity contribution in [1.82, 2.24) is 4.90 Å². The number of hydrogen-bond donors (Lipinski definition) is 1. The van der Waals surface area contributed by atoms with Gasteiger partial charge in [-0.05, 0) is 49.2 Å². The third-order valence-electron chi connectivity index (χ3n) is 4.45. The van der Waals surface area contributed by atoms with Gasteiger partial charge in [-0.1, -0.05) is 29.3 Å². The lowest BCUT2D eigenvalue weighted by Gasteiger charge is -2.31. The van der Waals surface area contributed by atoms with Crippen LogP contribution >= 0.6 is 23.2 Å². The molecule has 7 heteroatoms. The zero-order valence-corrected chi connectivity index (χ0v) is 15.4. The molecule has 1 heterocycles. The summed E-state index contributed by atoms with van der Waals surface area (Å²) in [5.74, 6) is -1.26. The highest BCUT2D eigenvalue weighted by molar-refractivity contribution is 6.31. The summed E-state index contributed by atoms with van der Waals surface area (Å²) in [7, 11) is 0. The molecule has 0 saturated carbocycles. The number of carbonyl (C=O) groups is 2. The number of piperidine rings is 1. The summed E-state index contributed by atoms with van der Waals surface area (Å²) >= 11 is 11.6. The topological polar surface area (TPSA) is 49.4 Å². The zero-order chi connectivity index (χ0) is 18.7. The van der Waals surface area contributed by atoms with Gasteiger partial charge in [-0.25, -0.2) is 4.39 Å². The van der Waals surface area contributed by atoms with Gasteiger partial charge in [0.05, 0.1) is 10.7 Å². The highest BCUT2D eigenvalue weighted by Crippen LogP contribution is 2.25. The Balaban J connectivity index is 1.57. The summed E-state index contributed by atoms with van der Waals surface area (Å²) in [5, 5.41) is 3.12. The van der Waals surface area contributed by atoms with Crippen LogP contribution in [0.5, 0.6) is 0 Å². The van der Waals surface area contributed by atoms with E-state index in [1.807, 2.05) is 0 Å². The first kappa shape index (κ1) is 18.7. The van der Waals surface area contributed by atoms with Crippen LogP contribution in [-0.4, -0.2) is 29.8 Å². The average Bonchev–Trinajstić information content (AvgIpc) is 2.65. The molecule has 0 aliphatic carbocycles. The van der Waals surface area contributed by atoms with E-state index in [1.54, 1.807) is 35.2 Å². The minimum atomic E-state index is -0.641. The number of nitrogens with zero attached hydrogens (tertiary/aromatic N) is 1. The van der Waals surface area contributed by atoms with Crippen LogP contribution in [0.25, 0.3) is 0 Å². The molecular weight excluding hydrogens is 378 g/mol. The van der Waals surface area contributed by atoms with E-state index in [2.05, 4.69) is 5.32 Å². The lowest BCUT2D eigenvalue weighted by Crippen LogP contribution is -2.41. The maximum absolute atomic E-state index is 13.9. The number of carbonyl (C=O) groups excluding carboxylic acids is 2. The molecular formula is C19H17Cl2FN2O2. The van der Waals surface area contributed by atoms with Crippen LogP contribution in [0.4, 0.5) is 10.1 Å². The van der Waals surface area contributed by atoms with E-state index < -0.39 is 5.82 Å². The summed E-state index contributed by atoms with van der Waals surface area (Å²) in [5.41, 5.74) is 0.639. The molecule has 1 aliphatic rings. The quantitative estimate of drug-likeness (QED) is 0.825. The smallest absolute Gasteiger partial charge is 0.253 e. The second kappa shape index (κ2) is 8.06. The van der Waals surface area contributed by atoms with Crippen LogP contribution in [0.15, 0.2) is 42.5 Å². The predicted octanol–water partition coefficient (Wildman–Crippen LogP) is 4.62. The lowest BCUT2D eigenvalue weighted by atomic mass is 9.95. The van der Waals surface area contributed by atoms with Crippen molar-refractivity contribution in [1.29, 1.82) is 0 Å². The minimum Gasteiger partial charge on any atom is -0.339 e. The van der Waals surface area contributed by atoms with E-state index in [0.717, 1.165) is 0 Å². The van der Waals surface area contributed by atoms with Crippen LogP contribution in [0.1, 0.15) is 23.2 Å². The van der Waals surface area contributed by atoms with Crippen LogP contribution in [0.2, 0.25) is 10.0 Å². The van der Waals surface area contributed by atoms with Crippen LogP contribution in [0.3, 0.4) is 0 Å². The number of anilines is 1. The zero-order valence-electron chi connectivity index (χ0n) is 13.8. The van der Waals surface area contributed by atoms with Crippen molar-refractivity contribution >= 4 is 40.7 Å². The minimum absolute atomic E-state index is 0.0359. The van der Waals surface area contributed by atoms with Gasteiger partial charge in [-0.15, -0.1) is 0 Å². The second-order valence-electron chi connectivity index (χ2n) is 6.16. The van der Waals surface area contributed by atoms with Gasteiger partial charge >= 0.3 is 0 Å². The third-order valence-corrected chi connectivity index (χ3v) is 5.00. The standard InChI is InChI=1S/C19H17Cl2FN2O2/c20-14-6-4-13(5-7-14)19(26)24-10-8-12(9-11-24)18(25)23-16-3-1-2-15(21)17(16)22/h1-7,12H,8-11H2,(H,23,25). The van der Waals surface area contributed by atoms with Gasteiger partial charge in [0.1, 0.15) is 0 Å². The lowest BCUT2D eigenvalue weighted by molar-refractivity contribution is -0.121. The van der Waals surface area contributed by atoms with Gasteiger partial charge in [0.2, 0.25) is 5.91 Å². The number of benzene rings is 2. The molecule has 2 aromatic carbocycles. The largest absolute Gasteiger partial charge is 0.339 e.